The Labute approximate surface area is 115 Å². The largest absolute Gasteiger partial charge is 0.444 e. The fraction of sp³-hybridized carbons (Fsp3) is 0.0667. The number of pyridine rings is 1. The lowest BCUT2D eigenvalue weighted by Gasteiger charge is -2.03. The molecule has 5 heteroatoms. The molecule has 0 saturated heterocycles. The molecule has 1 N–H and O–H groups in total. The summed E-state index contributed by atoms with van der Waals surface area (Å²) in [6.45, 7) is 0.386. The molecule has 0 aliphatic rings. The number of anilines is 1. The first kappa shape index (κ1) is 12.3. The van der Waals surface area contributed by atoms with E-state index in [1.165, 1.54) is 12.4 Å². The summed E-state index contributed by atoms with van der Waals surface area (Å²) in [5, 5.41) is 2.96. The van der Waals surface area contributed by atoms with Crippen LogP contribution in [0.5, 0.6) is 0 Å². The Hall–Kier alpha value is -2.69. The summed E-state index contributed by atoms with van der Waals surface area (Å²) >= 11 is 0. The van der Waals surface area contributed by atoms with Gasteiger partial charge in [-0.05, 0) is 18.2 Å². The van der Waals surface area contributed by atoms with E-state index in [0.29, 0.717) is 23.8 Å². The van der Waals surface area contributed by atoms with Crippen molar-refractivity contribution >= 4 is 5.69 Å². The molecule has 0 atom stereocenters. The molecule has 4 nitrogen and oxygen atoms in total. The predicted octanol–water partition coefficient (Wildman–Crippen LogP) is 3.49. The van der Waals surface area contributed by atoms with E-state index in [1.54, 1.807) is 12.3 Å². The number of benzene rings is 1. The van der Waals surface area contributed by atoms with E-state index >= 15 is 0 Å². The minimum absolute atomic E-state index is 0.386. The van der Waals surface area contributed by atoms with Gasteiger partial charge in [0.2, 0.25) is 5.89 Å². The Kier molecular flexibility index (Phi) is 3.41. The van der Waals surface area contributed by atoms with Crippen LogP contribution in [0.3, 0.4) is 0 Å². The predicted molar refractivity (Wildman–Crippen MR) is 73.5 cm³/mol. The quantitative estimate of drug-likeness (QED) is 0.787. The normalized spacial score (nSPS) is 10.4. The lowest BCUT2D eigenvalue weighted by Crippen LogP contribution is -2.01. The van der Waals surface area contributed by atoms with Gasteiger partial charge in [-0.15, -0.1) is 0 Å². The molecule has 0 aliphatic carbocycles. The van der Waals surface area contributed by atoms with Crippen LogP contribution < -0.4 is 5.32 Å². The topological polar surface area (TPSA) is 51.0 Å². The van der Waals surface area contributed by atoms with Gasteiger partial charge in [-0.3, -0.25) is 4.98 Å². The van der Waals surface area contributed by atoms with E-state index in [1.807, 2.05) is 30.3 Å². The molecule has 2 aromatic heterocycles. The molecule has 100 valence electrons. The molecule has 2 heterocycles. The number of hydrogen-bond acceptors (Lipinski definition) is 4. The number of hydrogen-bond donors (Lipinski definition) is 1. The maximum absolute atomic E-state index is 13.4. The number of oxazole rings is 1. The third-order valence-corrected chi connectivity index (χ3v) is 2.80. The second kappa shape index (κ2) is 5.52. The summed E-state index contributed by atoms with van der Waals surface area (Å²) in [7, 11) is 0. The summed E-state index contributed by atoms with van der Waals surface area (Å²) in [6, 6.07) is 11.2. The van der Waals surface area contributed by atoms with Gasteiger partial charge in [-0.2, -0.15) is 0 Å². The van der Waals surface area contributed by atoms with Crippen LogP contribution in [0.1, 0.15) is 5.69 Å². The van der Waals surface area contributed by atoms with Crippen molar-refractivity contribution in [2.24, 2.45) is 0 Å². The molecule has 0 unspecified atom stereocenters. The molecule has 3 aromatic rings. The molecular formula is C15H12FN3O. The van der Waals surface area contributed by atoms with E-state index in [9.17, 15) is 4.39 Å². The Morgan fingerprint density at radius 2 is 2.00 bits per heavy atom. The van der Waals surface area contributed by atoms with E-state index < -0.39 is 0 Å². The van der Waals surface area contributed by atoms with Gasteiger partial charge in [0, 0.05) is 11.8 Å². The molecule has 0 radical (unpaired) electrons. The first-order valence-electron chi connectivity index (χ1n) is 6.16. The van der Waals surface area contributed by atoms with Crippen LogP contribution in [0.2, 0.25) is 0 Å². The summed E-state index contributed by atoms with van der Waals surface area (Å²) < 4.78 is 18.8. The second-order valence-corrected chi connectivity index (χ2v) is 4.22. The van der Waals surface area contributed by atoms with E-state index in [-0.39, 0.29) is 5.82 Å². The molecule has 0 saturated carbocycles. The Bertz CT molecular complexity index is 697. The maximum Gasteiger partial charge on any atom is 0.226 e. The van der Waals surface area contributed by atoms with Gasteiger partial charge in [0.05, 0.1) is 24.1 Å². The third-order valence-electron chi connectivity index (χ3n) is 2.80. The number of nitrogens with zero attached hydrogens (tertiary/aromatic N) is 2. The van der Waals surface area contributed by atoms with Crippen molar-refractivity contribution in [1.82, 2.24) is 9.97 Å². The second-order valence-electron chi connectivity index (χ2n) is 4.22. The average Bonchev–Trinajstić information content (AvgIpc) is 2.96. The van der Waals surface area contributed by atoms with Gasteiger partial charge < -0.3 is 9.73 Å². The van der Waals surface area contributed by atoms with Gasteiger partial charge in [0.15, 0.2) is 5.82 Å². The van der Waals surface area contributed by atoms with Crippen molar-refractivity contribution < 1.29 is 8.81 Å². The molecule has 0 amide bonds. The highest BCUT2D eigenvalue weighted by Crippen LogP contribution is 2.19. The summed E-state index contributed by atoms with van der Waals surface area (Å²) in [5.74, 6) is 0.164. The molecule has 3 rings (SSSR count). The van der Waals surface area contributed by atoms with Crippen molar-refractivity contribution in [2.45, 2.75) is 6.54 Å². The van der Waals surface area contributed by atoms with E-state index in [2.05, 4.69) is 15.3 Å². The van der Waals surface area contributed by atoms with Gasteiger partial charge in [-0.25, -0.2) is 9.37 Å². The highest BCUT2D eigenvalue weighted by atomic mass is 19.1. The van der Waals surface area contributed by atoms with Crippen LogP contribution >= 0.6 is 0 Å². The van der Waals surface area contributed by atoms with Crippen molar-refractivity contribution in [3.63, 3.8) is 0 Å². The molecule has 0 bridgehead atoms. The zero-order valence-electron chi connectivity index (χ0n) is 10.6. The van der Waals surface area contributed by atoms with E-state index in [4.69, 9.17) is 4.42 Å². The molecule has 0 fully saturated rings. The Morgan fingerprint density at radius 3 is 2.80 bits per heavy atom. The fourth-order valence-electron chi connectivity index (χ4n) is 1.81. The number of halogens is 1. The third kappa shape index (κ3) is 2.66. The Balaban J connectivity index is 1.71. The number of nitrogens with one attached hydrogen (secondary N) is 1. The minimum Gasteiger partial charge on any atom is -0.444 e. The molecule has 0 aliphatic heterocycles. The fourth-order valence-corrected chi connectivity index (χ4v) is 1.81. The Morgan fingerprint density at radius 1 is 1.15 bits per heavy atom. The first-order chi connectivity index (χ1) is 9.83. The van der Waals surface area contributed by atoms with E-state index in [0.717, 1.165) is 5.56 Å². The summed E-state index contributed by atoms with van der Waals surface area (Å²) in [6.07, 6.45) is 4.26. The zero-order chi connectivity index (χ0) is 13.8. The average molecular weight is 269 g/mol. The van der Waals surface area contributed by atoms with Crippen LogP contribution in [0.15, 0.2) is 59.5 Å². The summed E-state index contributed by atoms with van der Waals surface area (Å²) in [4.78, 5) is 8.05. The van der Waals surface area contributed by atoms with Crippen molar-refractivity contribution in [1.29, 1.82) is 0 Å². The lowest BCUT2D eigenvalue weighted by molar-refractivity contribution is 0.573. The smallest absolute Gasteiger partial charge is 0.226 e. The maximum atomic E-state index is 13.4. The molecule has 0 spiro atoms. The number of rotatable bonds is 4. The first-order valence-corrected chi connectivity index (χ1v) is 6.16. The number of aromatic nitrogens is 2. The van der Waals surface area contributed by atoms with Crippen LogP contribution in [0.25, 0.3) is 11.5 Å². The van der Waals surface area contributed by atoms with Crippen LogP contribution in [-0.4, -0.2) is 9.97 Å². The van der Waals surface area contributed by atoms with Crippen molar-refractivity contribution in [3.05, 3.63) is 66.6 Å². The van der Waals surface area contributed by atoms with Crippen LogP contribution in [0, 0.1) is 5.82 Å². The van der Waals surface area contributed by atoms with Crippen LogP contribution in [-0.2, 0) is 6.54 Å². The van der Waals surface area contributed by atoms with Gasteiger partial charge in [0.25, 0.3) is 0 Å². The van der Waals surface area contributed by atoms with Gasteiger partial charge in [-0.1, -0.05) is 18.2 Å². The highest BCUT2D eigenvalue weighted by molar-refractivity contribution is 5.52. The summed E-state index contributed by atoms with van der Waals surface area (Å²) in [5.41, 5.74) is 2.01. The highest BCUT2D eigenvalue weighted by Gasteiger charge is 2.07. The lowest BCUT2D eigenvalue weighted by atomic mass is 10.2. The zero-order valence-corrected chi connectivity index (χ0v) is 10.6. The van der Waals surface area contributed by atoms with Crippen molar-refractivity contribution in [3.8, 4) is 11.5 Å². The minimum atomic E-state index is -0.390. The van der Waals surface area contributed by atoms with Crippen molar-refractivity contribution in [2.75, 3.05) is 5.32 Å². The molecular weight excluding hydrogens is 257 g/mol. The van der Waals surface area contributed by atoms with Gasteiger partial charge in [0.1, 0.15) is 6.26 Å². The standard InChI is InChI=1S/C15H12FN3O/c16-13-9-17-7-6-14(13)18-8-12-10-20-15(19-12)11-4-2-1-3-5-11/h1-7,9-10H,8H2,(H,17,18). The van der Waals surface area contributed by atoms with Gasteiger partial charge >= 0.3 is 0 Å². The van der Waals surface area contributed by atoms with Crippen LogP contribution in [0.4, 0.5) is 10.1 Å². The molecule has 1 aromatic carbocycles. The molecule has 20 heavy (non-hydrogen) atoms. The SMILES string of the molecule is Fc1cnccc1NCc1coc(-c2ccccc2)n1. The monoisotopic (exact) mass is 269 g/mol.